The topological polar surface area (TPSA) is 79.7 Å². The van der Waals surface area contributed by atoms with Crippen LogP contribution >= 0.6 is 0 Å². The molecular formula is C30H32N6O. The SMILES string of the molecule is CC[C@@H](c1nnnn1Cc1ccccc1)N(CCc1ccccc1)Cc1cc2cccc(C)c2[nH]c1=O. The summed E-state index contributed by atoms with van der Waals surface area (Å²) in [5.41, 5.74) is 5.05. The lowest BCUT2D eigenvalue weighted by molar-refractivity contribution is 0.172. The minimum absolute atomic E-state index is 0.0463. The maximum atomic E-state index is 13.2. The van der Waals surface area contributed by atoms with Gasteiger partial charge < -0.3 is 4.98 Å². The normalized spacial score (nSPS) is 12.3. The molecule has 5 rings (SSSR count). The smallest absolute Gasteiger partial charge is 0.252 e. The fourth-order valence-electron chi connectivity index (χ4n) is 4.95. The Kier molecular flexibility index (Phi) is 7.51. The standard InChI is InChI=1S/C30H32N6O/c1-3-27(29-32-33-34-36(29)20-24-14-8-5-9-15-24)35(18-17-23-12-6-4-7-13-23)21-26-19-25-16-10-11-22(2)28(25)31-30(26)37/h4-16,19,27H,3,17-18,20-21H2,1-2H3,(H,31,37)/t27-/m0/s1. The highest BCUT2D eigenvalue weighted by Crippen LogP contribution is 2.25. The van der Waals surface area contributed by atoms with Crippen LogP contribution in [0.15, 0.2) is 89.7 Å². The van der Waals surface area contributed by atoms with E-state index in [2.05, 4.69) is 68.7 Å². The molecule has 5 aromatic rings. The van der Waals surface area contributed by atoms with Gasteiger partial charge in [-0.25, -0.2) is 4.68 Å². The second kappa shape index (κ2) is 11.3. The average molecular weight is 493 g/mol. The first-order chi connectivity index (χ1) is 18.1. The molecule has 0 saturated carbocycles. The number of fused-ring (bicyclic) bond motifs is 1. The summed E-state index contributed by atoms with van der Waals surface area (Å²) in [4.78, 5) is 18.6. The maximum absolute atomic E-state index is 13.2. The van der Waals surface area contributed by atoms with Crippen molar-refractivity contribution in [3.05, 3.63) is 123 Å². The largest absolute Gasteiger partial charge is 0.321 e. The molecular weight excluding hydrogens is 460 g/mol. The third kappa shape index (κ3) is 5.67. The summed E-state index contributed by atoms with van der Waals surface area (Å²) in [7, 11) is 0. The van der Waals surface area contributed by atoms with E-state index in [0.717, 1.165) is 52.8 Å². The molecule has 0 aliphatic rings. The van der Waals surface area contributed by atoms with Crippen LogP contribution in [-0.4, -0.2) is 36.6 Å². The predicted molar refractivity (Wildman–Crippen MR) is 146 cm³/mol. The number of tetrazole rings is 1. The number of nitrogens with one attached hydrogen (secondary N) is 1. The molecule has 0 aliphatic carbocycles. The summed E-state index contributed by atoms with van der Waals surface area (Å²) in [5, 5.41) is 13.8. The Morgan fingerprint density at radius 1 is 0.946 bits per heavy atom. The second-order valence-corrected chi connectivity index (χ2v) is 9.47. The predicted octanol–water partition coefficient (Wildman–Crippen LogP) is 5.07. The zero-order chi connectivity index (χ0) is 25.6. The van der Waals surface area contributed by atoms with Gasteiger partial charge in [0.15, 0.2) is 5.82 Å². The maximum Gasteiger partial charge on any atom is 0.252 e. The Morgan fingerprint density at radius 3 is 2.41 bits per heavy atom. The van der Waals surface area contributed by atoms with Crippen molar-refractivity contribution in [2.45, 2.75) is 45.8 Å². The van der Waals surface area contributed by atoms with Gasteiger partial charge >= 0.3 is 0 Å². The fourth-order valence-corrected chi connectivity index (χ4v) is 4.95. The van der Waals surface area contributed by atoms with Crippen LogP contribution in [-0.2, 0) is 19.5 Å². The number of aryl methyl sites for hydroxylation is 1. The van der Waals surface area contributed by atoms with E-state index < -0.39 is 0 Å². The van der Waals surface area contributed by atoms with Crippen molar-refractivity contribution in [2.24, 2.45) is 0 Å². The molecule has 0 aliphatic heterocycles. The molecule has 1 atom stereocenters. The Labute approximate surface area is 216 Å². The monoisotopic (exact) mass is 492 g/mol. The summed E-state index contributed by atoms with van der Waals surface area (Å²) in [5.74, 6) is 0.812. The lowest BCUT2D eigenvalue weighted by Gasteiger charge is -2.30. The molecule has 0 spiro atoms. The zero-order valence-corrected chi connectivity index (χ0v) is 21.3. The molecule has 0 saturated heterocycles. The first-order valence-electron chi connectivity index (χ1n) is 12.8. The molecule has 37 heavy (non-hydrogen) atoms. The van der Waals surface area contributed by atoms with Gasteiger partial charge in [-0.3, -0.25) is 9.69 Å². The highest BCUT2D eigenvalue weighted by atomic mass is 16.1. The summed E-state index contributed by atoms with van der Waals surface area (Å²) < 4.78 is 1.88. The van der Waals surface area contributed by atoms with Crippen molar-refractivity contribution in [2.75, 3.05) is 6.54 Å². The van der Waals surface area contributed by atoms with Crippen LogP contribution in [0.1, 0.15) is 47.5 Å². The molecule has 0 amide bonds. The van der Waals surface area contributed by atoms with Crippen LogP contribution in [0.4, 0.5) is 0 Å². The summed E-state index contributed by atoms with van der Waals surface area (Å²) >= 11 is 0. The van der Waals surface area contributed by atoms with E-state index in [1.54, 1.807) is 0 Å². The molecule has 0 bridgehead atoms. The first kappa shape index (κ1) is 24.6. The van der Waals surface area contributed by atoms with Crippen LogP contribution in [0.25, 0.3) is 10.9 Å². The lowest BCUT2D eigenvalue weighted by Crippen LogP contribution is -2.34. The van der Waals surface area contributed by atoms with Gasteiger partial charge in [0, 0.05) is 18.7 Å². The van der Waals surface area contributed by atoms with E-state index in [1.807, 2.05) is 60.1 Å². The highest BCUT2D eigenvalue weighted by molar-refractivity contribution is 5.81. The summed E-state index contributed by atoms with van der Waals surface area (Å²) in [6.07, 6.45) is 1.68. The van der Waals surface area contributed by atoms with Crippen molar-refractivity contribution in [3.8, 4) is 0 Å². The van der Waals surface area contributed by atoms with Crippen LogP contribution < -0.4 is 5.56 Å². The van der Waals surface area contributed by atoms with Gasteiger partial charge in [-0.2, -0.15) is 0 Å². The molecule has 3 aromatic carbocycles. The number of para-hydroxylation sites is 1. The quantitative estimate of drug-likeness (QED) is 0.295. The molecule has 2 heterocycles. The fraction of sp³-hybridized carbons (Fsp3) is 0.267. The van der Waals surface area contributed by atoms with E-state index in [4.69, 9.17) is 0 Å². The van der Waals surface area contributed by atoms with Crippen molar-refractivity contribution < 1.29 is 0 Å². The van der Waals surface area contributed by atoms with Crippen LogP contribution in [0.2, 0.25) is 0 Å². The molecule has 0 fully saturated rings. The van der Waals surface area contributed by atoms with Crippen molar-refractivity contribution in [1.29, 1.82) is 0 Å². The van der Waals surface area contributed by atoms with E-state index in [0.29, 0.717) is 13.1 Å². The molecule has 1 N–H and O–H groups in total. The number of aromatic amines is 1. The molecule has 0 radical (unpaired) electrons. The number of pyridine rings is 1. The van der Waals surface area contributed by atoms with Gasteiger partial charge in [0.25, 0.3) is 5.56 Å². The third-order valence-electron chi connectivity index (χ3n) is 6.93. The number of nitrogens with zero attached hydrogens (tertiary/aromatic N) is 5. The molecule has 7 heteroatoms. The van der Waals surface area contributed by atoms with Crippen LogP contribution in [0.3, 0.4) is 0 Å². The van der Waals surface area contributed by atoms with Crippen LogP contribution in [0.5, 0.6) is 0 Å². The Hall–Kier alpha value is -4.10. The van der Waals surface area contributed by atoms with Gasteiger partial charge in [0.1, 0.15) is 0 Å². The molecule has 7 nitrogen and oxygen atoms in total. The molecule has 0 unspecified atom stereocenters. The van der Waals surface area contributed by atoms with E-state index in [-0.39, 0.29) is 11.6 Å². The first-order valence-corrected chi connectivity index (χ1v) is 12.8. The number of rotatable bonds is 10. The number of benzene rings is 3. The lowest BCUT2D eigenvalue weighted by atomic mass is 10.1. The highest BCUT2D eigenvalue weighted by Gasteiger charge is 2.26. The number of hydrogen-bond acceptors (Lipinski definition) is 5. The van der Waals surface area contributed by atoms with Gasteiger partial charge in [-0.15, -0.1) is 5.10 Å². The van der Waals surface area contributed by atoms with Crippen molar-refractivity contribution in [3.63, 3.8) is 0 Å². The molecule has 188 valence electrons. The van der Waals surface area contributed by atoms with Gasteiger partial charge in [0.2, 0.25) is 0 Å². The number of H-pyrrole nitrogens is 1. The third-order valence-corrected chi connectivity index (χ3v) is 6.93. The van der Waals surface area contributed by atoms with Crippen LogP contribution in [0, 0.1) is 6.92 Å². The average Bonchev–Trinajstić information content (AvgIpc) is 3.37. The minimum Gasteiger partial charge on any atom is -0.321 e. The summed E-state index contributed by atoms with van der Waals surface area (Å²) in [6, 6.07) is 28.7. The Balaban J connectivity index is 1.48. The van der Waals surface area contributed by atoms with E-state index >= 15 is 0 Å². The number of hydrogen-bond donors (Lipinski definition) is 1. The second-order valence-electron chi connectivity index (χ2n) is 9.47. The van der Waals surface area contributed by atoms with Crippen molar-refractivity contribution >= 4 is 10.9 Å². The van der Waals surface area contributed by atoms with Gasteiger partial charge in [-0.1, -0.05) is 85.8 Å². The summed E-state index contributed by atoms with van der Waals surface area (Å²) in [6.45, 7) is 6.04. The van der Waals surface area contributed by atoms with E-state index in [9.17, 15) is 4.79 Å². The van der Waals surface area contributed by atoms with Gasteiger partial charge in [-0.05, 0) is 58.3 Å². The zero-order valence-electron chi connectivity index (χ0n) is 21.3. The molecule has 2 aromatic heterocycles. The van der Waals surface area contributed by atoms with Gasteiger partial charge in [0.05, 0.1) is 18.1 Å². The van der Waals surface area contributed by atoms with E-state index in [1.165, 1.54) is 5.56 Å². The minimum atomic E-state index is -0.0507. The number of aromatic nitrogens is 5. The van der Waals surface area contributed by atoms with Crippen molar-refractivity contribution in [1.82, 2.24) is 30.1 Å². The Morgan fingerprint density at radius 2 is 1.68 bits per heavy atom. The Bertz CT molecular complexity index is 1510.